The lowest BCUT2D eigenvalue weighted by atomic mass is 10.1. The van der Waals surface area contributed by atoms with Gasteiger partial charge >= 0.3 is 6.03 Å². The van der Waals surface area contributed by atoms with Crippen LogP contribution >= 0.6 is 0 Å². The molecule has 28 heavy (non-hydrogen) atoms. The predicted octanol–water partition coefficient (Wildman–Crippen LogP) is 4.14. The molecule has 1 unspecified atom stereocenters. The van der Waals surface area contributed by atoms with Crippen LogP contribution in [0.4, 0.5) is 16.3 Å². The fraction of sp³-hybridized carbons (Fsp3) is 0.182. The van der Waals surface area contributed by atoms with Crippen LogP contribution in [-0.2, 0) is 24.1 Å². The van der Waals surface area contributed by atoms with Crippen LogP contribution in [0.25, 0.3) is 0 Å². The number of nitrogens with zero attached hydrogens (tertiary/aromatic N) is 3. The molecule has 0 saturated heterocycles. The van der Waals surface area contributed by atoms with Gasteiger partial charge in [0.1, 0.15) is 17.8 Å². The number of hydrogen-bond acceptors (Lipinski definition) is 3. The van der Waals surface area contributed by atoms with Crippen molar-refractivity contribution in [1.29, 1.82) is 0 Å². The molecule has 3 aromatic rings. The molecule has 0 saturated carbocycles. The monoisotopic (exact) mass is 391 g/mol. The second-order valence-corrected chi connectivity index (χ2v) is 8.03. The Labute approximate surface area is 167 Å². The summed E-state index contributed by atoms with van der Waals surface area (Å²) in [5.74, 6) is 0.612. The molecule has 0 N–H and O–H groups in total. The Morgan fingerprint density at radius 3 is 2.57 bits per heavy atom. The SMILES string of the molecule is C[S+]([O-])c1ccccc1N1C(=O)N(CCc2ccccc2)Cc2cccnc21. The zero-order chi connectivity index (χ0) is 19.5. The minimum Gasteiger partial charge on any atom is -0.612 e. The lowest BCUT2D eigenvalue weighted by molar-refractivity contribution is 0.201. The van der Waals surface area contributed by atoms with Gasteiger partial charge in [-0.1, -0.05) is 48.5 Å². The van der Waals surface area contributed by atoms with E-state index in [1.807, 2.05) is 53.4 Å². The quantitative estimate of drug-likeness (QED) is 0.614. The number of para-hydroxylation sites is 1. The number of fused-ring (bicyclic) bond motifs is 1. The molecular weight excluding hydrogens is 370 g/mol. The number of aromatic nitrogens is 1. The van der Waals surface area contributed by atoms with Crippen molar-refractivity contribution in [2.45, 2.75) is 17.9 Å². The van der Waals surface area contributed by atoms with Crippen LogP contribution in [-0.4, -0.2) is 33.3 Å². The van der Waals surface area contributed by atoms with E-state index in [0.29, 0.717) is 29.5 Å². The molecule has 0 fully saturated rings. The summed E-state index contributed by atoms with van der Waals surface area (Å²) < 4.78 is 12.3. The van der Waals surface area contributed by atoms with Gasteiger partial charge < -0.3 is 9.45 Å². The molecule has 6 heteroatoms. The summed E-state index contributed by atoms with van der Waals surface area (Å²) in [6.07, 6.45) is 4.08. The molecule has 2 aromatic carbocycles. The van der Waals surface area contributed by atoms with Crippen LogP contribution in [0.5, 0.6) is 0 Å². The van der Waals surface area contributed by atoms with Crippen LogP contribution in [0.1, 0.15) is 11.1 Å². The normalized spacial score (nSPS) is 14.7. The summed E-state index contributed by atoms with van der Waals surface area (Å²) in [6.45, 7) is 1.12. The highest BCUT2D eigenvalue weighted by Crippen LogP contribution is 2.36. The fourth-order valence-electron chi connectivity index (χ4n) is 3.45. The third-order valence-corrected chi connectivity index (χ3v) is 5.80. The maximum atomic E-state index is 13.4. The molecule has 1 aliphatic rings. The summed E-state index contributed by atoms with van der Waals surface area (Å²) in [7, 11) is 0. The van der Waals surface area contributed by atoms with Gasteiger partial charge in [0.15, 0.2) is 4.90 Å². The minimum atomic E-state index is -1.22. The molecule has 1 aliphatic heterocycles. The lowest BCUT2D eigenvalue weighted by Crippen LogP contribution is -2.46. The number of amides is 2. The first-order valence-corrected chi connectivity index (χ1v) is 10.7. The van der Waals surface area contributed by atoms with E-state index in [1.54, 1.807) is 23.4 Å². The standard InChI is InChI=1S/C22H21N3O2S/c1-28(27)20-12-6-5-11-19(20)25-21-18(10-7-14-23-21)16-24(22(25)26)15-13-17-8-3-2-4-9-17/h2-12,14H,13,15-16H2,1H3. The number of pyridine rings is 1. The van der Waals surface area contributed by atoms with Crippen LogP contribution in [0.2, 0.25) is 0 Å². The Balaban J connectivity index is 1.70. The Morgan fingerprint density at radius 1 is 1.04 bits per heavy atom. The minimum absolute atomic E-state index is 0.139. The largest absolute Gasteiger partial charge is 0.612 e. The number of benzene rings is 2. The summed E-state index contributed by atoms with van der Waals surface area (Å²) in [5.41, 5.74) is 2.79. The number of hydrogen-bond donors (Lipinski definition) is 0. The van der Waals surface area contributed by atoms with Gasteiger partial charge in [-0.05, 0) is 41.4 Å². The van der Waals surface area contributed by atoms with Crippen molar-refractivity contribution in [3.8, 4) is 0 Å². The Hall–Kier alpha value is -2.83. The highest BCUT2D eigenvalue weighted by Gasteiger charge is 2.34. The molecule has 1 atom stereocenters. The first-order chi connectivity index (χ1) is 13.6. The topological polar surface area (TPSA) is 59.5 Å². The van der Waals surface area contributed by atoms with E-state index in [-0.39, 0.29) is 6.03 Å². The second kappa shape index (κ2) is 8.04. The molecule has 1 aromatic heterocycles. The van der Waals surface area contributed by atoms with Crippen molar-refractivity contribution < 1.29 is 9.35 Å². The number of carbonyl (C=O) groups is 1. The molecule has 0 radical (unpaired) electrons. The van der Waals surface area contributed by atoms with Gasteiger partial charge in [0.2, 0.25) is 0 Å². The van der Waals surface area contributed by atoms with Gasteiger partial charge in [0.05, 0.1) is 6.54 Å². The van der Waals surface area contributed by atoms with Gasteiger partial charge in [0, 0.05) is 18.3 Å². The zero-order valence-electron chi connectivity index (χ0n) is 15.6. The van der Waals surface area contributed by atoms with E-state index in [9.17, 15) is 9.35 Å². The van der Waals surface area contributed by atoms with Crippen molar-refractivity contribution in [3.05, 3.63) is 84.1 Å². The van der Waals surface area contributed by atoms with Gasteiger partial charge in [-0.2, -0.15) is 0 Å². The van der Waals surface area contributed by atoms with Gasteiger partial charge in [-0.3, -0.25) is 0 Å². The first kappa shape index (κ1) is 18.5. The summed E-state index contributed by atoms with van der Waals surface area (Å²) in [5, 5.41) is 0. The molecule has 142 valence electrons. The van der Waals surface area contributed by atoms with Crippen molar-refractivity contribution in [3.63, 3.8) is 0 Å². The Bertz CT molecular complexity index is 978. The smallest absolute Gasteiger partial charge is 0.330 e. The average molecular weight is 391 g/mol. The molecule has 4 rings (SSSR count). The summed E-state index contributed by atoms with van der Waals surface area (Å²) in [6, 6.07) is 21.2. The van der Waals surface area contributed by atoms with E-state index in [2.05, 4.69) is 17.1 Å². The Morgan fingerprint density at radius 2 is 1.79 bits per heavy atom. The lowest BCUT2D eigenvalue weighted by Gasteiger charge is -2.36. The van der Waals surface area contributed by atoms with Crippen LogP contribution in [0, 0.1) is 0 Å². The molecule has 2 amide bonds. The second-order valence-electron chi connectivity index (χ2n) is 6.68. The van der Waals surface area contributed by atoms with Crippen LogP contribution < -0.4 is 4.90 Å². The molecule has 0 aliphatic carbocycles. The maximum absolute atomic E-state index is 13.4. The summed E-state index contributed by atoms with van der Waals surface area (Å²) >= 11 is -1.22. The zero-order valence-corrected chi connectivity index (χ0v) is 16.4. The highest BCUT2D eigenvalue weighted by molar-refractivity contribution is 7.90. The van der Waals surface area contributed by atoms with Crippen LogP contribution in [0.3, 0.4) is 0 Å². The molecule has 0 spiro atoms. The van der Waals surface area contributed by atoms with Gasteiger partial charge in [0.25, 0.3) is 0 Å². The van der Waals surface area contributed by atoms with Crippen molar-refractivity contribution in [2.24, 2.45) is 0 Å². The Kier molecular flexibility index (Phi) is 5.32. The summed E-state index contributed by atoms with van der Waals surface area (Å²) in [4.78, 5) is 21.9. The predicted molar refractivity (Wildman–Crippen MR) is 111 cm³/mol. The van der Waals surface area contributed by atoms with E-state index < -0.39 is 11.2 Å². The number of anilines is 2. The van der Waals surface area contributed by atoms with Crippen molar-refractivity contribution in [2.75, 3.05) is 17.7 Å². The van der Waals surface area contributed by atoms with E-state index >= 15 is 0 Å². The van der Waals surface area contributed by atoms with E-state index in [1.165, 1.54) is 5.56 Å². The third-order valence-electron chi connectivity index (χ3n) is 4.83. The van der Waals surface area contributed by atoms with Crippen molar-refractivity contribution >= 4 is 28.7 Å². The van der Waals surface area contributed by atoms with Crippen molar-refractivity contribution in [1.82, 2.24) is 9.88 Å². The van der Waals surface area contributed by atoms with E-state index in [0.717, 1.165) is 12.0 Å². The highest BCUT2D eigenvalue weighted by atomic mass is 32.2. The first-order valence-electron chi connectivity index (χ1n) is 9.14. The molecule has 5 nitrogen and oxygen atoms in total. The molecule has 0 bridgehead atoms. The average Bonchev–Trinajstić information content (AvgIpc) is 2.73. The number of urea groups is 1. The van der Waals surface area contributed by atoms with Gasteiger partial charge in [-0.15, -0.1) is 0 Å². The molecule has 2 heterocycles. The maximum Gasteiger partial charge on any atom is 0.330 e. The van der Waals surface area contributed by atoms with E-state index in [4.69, 9.17) is 0 Å². The third kappa shape index (κ3) is 3.61. The fourth-order valence-corrected chi connectivity index (χ4v) is 4.17. The van der Waals surface area contributed by atoms with Crippen LogP contribution in [0.15, 0.2) is 77.8 Å². The number of rotatable bonds is 5. The van der Waals surface area contributed by atoms with Gasteiger partial charge in [-0.25, -0.2) is 14.7 Å². The molecular formula is C22H21N3O2S. The number of carbonyl (C=O) groups excluding carboxylic acids is 1.